The van der Waals surface area contributed by atoms with Crippen LogP contribution < -0.4 is 15.4 Å². The molecule has 0 aromatic heterocycles. The molecule has 2 N–H and O–H groups in total. The average molecular weight is 430 g/mol. The monoisotopic (exact) mass is 429 g/mol. The van der Waals surface area contributed by atoms with Crippen LogP contribution in [0, 0.1) is 6.92 Å². The lowest BCUT2D eigenvalue weighted by Gasteiger charge is -2.28. The number of benzene rings is 2. The smallest absolute Gasteiger partial charge is 0.243 e. The molecule has 1 atom stereocenters. The number of fused-ring (bicyclic) bond motifs is 1. The number of hydrogen-bond donors (Lipinski definition) is 2. The Labute approximate surface area is 177 Å². The summed E-state index contributed by atoms with van der Waals surface area (Å²) in [6.07, 6.45) is 2.07. The number of nitrogens with one attached hydrogen (secondary N) is 2. The van der Waals surface area contributed by atoms with E-state index in [0.29, 0.717) is 37.7 Å². The van der Waals surface area contributed by atoms with Crippen molar-refractivity contribution >= 4 is 21.6 Å². The molecule has 2 aromatic rings. The Bertz CT molecular complexity index is 1020. The van der Waals surface area contributed by atoms with Gasteiger partial charge in [0.05, 0.1) is 23.0 Å². The quantitative estimate of drug-likeness (QED) is 0.737. The molecule has 7 nitrogen and oxygen atoms in total. The van der Waals surface area contributed by atoms with Crippen LogP contribution in [0.25, 0.3) is 0 Å². The van der Waals surface area contributed by atoms with Crippen LogP contribution in [0.2, 0.25) is 0 Å². The van der Waals surface area contributed by atoms with Gasteiger partial charge in [-0.3, -0.25) is 4.79 Å². The zero-order chi connectivity index (χ0) is 21.1. The molecule has 1 amide bonds. The maximum atomic E-state index is 12.7. The van der Waals surface area contributed by atoms with Crippen molar-refractivity contribution in [2.75, 3.05) is 25.0 Å². The Morgan fingerprint density at radius 3 is 2.63 bits per heavy atom. The molecule has 2 heterocycles. The van der Waals surface area contributed by atoms with Gasteiger partial charge in [-0.25, -0.2) is 8.42 Å². The van der Waals surface area contributed by atoms with Gasteiger partial charge in [0.2, 0.25) is 15.9 Å². The Morgan fingerprint density at radius 2 is 1.90 bits per heavy atom. The largest absolute Gasteiger partial charge is 0.489 e. The highest BCUT2D eigenvalue weighted by Crippen LogP contribution is 2.33. The van der Waals surface area contributed by atoms with Crippen molar-refractivity contribution in [3.05, 3.63) is 53.6 Å². The molecular weight excluding hydrogens is 402 g/mol. The highest BCUT2D eigenvalue weighted by Gasteiger charge is 2.29. The molecule has 1 fully saturated rings. The molecule has 160 valence electrons. The van der Waals surface area contributed by atoms with Gasteiger partial charge in [0.25, 0.3) is 0 Å². The van der Waals surface area contributed by atoms with Crippen molar-refractivity contribution in [2.24, 2.45) is 0 Å². The topological polar surface area (TPSA) is 87.7 Å². The Hall–Kier alpha value is -2.58. The lowest BCUT2D eigenvalue weighted by Crippen LogP contribution is -2.37. The summed E-state index contributed by atoms with van der Waals surface area (Å²) in [6, 6.07) is 12.8. The Morgan fingerprint density at radius 1 is 1.17 bits per heavy atom. The second-order valence-corrected chi connectivity index (χ2v) is 9.83. The van der Waals surface area contributed by atoms with Crippen molar-refractivity contribution in [1.29, 1.82) is 0 Å². The molecular formula is C22H27N3O4S. The highest BCUT2D eigenvalue weighted by atomic mass is 32.2. The van der Waals surface area contributed by atoms with E-state index in [2.05, 4.69) is 10.6 Å². The predicted octanol–water partition coefficient (Wildman–Crippen LogP) is 2.66. The van der Waals surface area contributed by atoms with Crippen molar-refractivity contribution in [1.82, 2.24) is 9.62 Å². The molecule has 1 saturated heterocycles. The molecule has 8 heteroatoms. The van der Waals surface area contributed by atoms with Gasteiger partial charge in [0.1, 0.15) is 12.4 Å². The number of carbonyl (C=O) groups excluding carboxylic acids is 1. The van der Waals surface area contributed by atoms with Gasteiger partial charge in [-0.05, 0) is 37.5 Å². The third-order valence-electron chi connectivity index (χ3n) is 5.50. The standard InChI is InChI=1S/C22H27N3O4S/c1-16-4-6-17(7-5-16)14-23-22(26)12-18-15-29-21-13-19(8-9-20(21)24-18)30(27,28)25-10-2-3-11-25/h4-9,13,18,24H,2-3,10-12,14-15H2,1H3,(H,23,26)/t18-/m0/s1. The molecule has 0 aliphatic carbocycles. The van der Waals surface area contributed by atoms with E-state index in [0.717, 1.165) is 18.4 Å². The number of sulfonamides is 1. The average Bonchev–Trinajstić information content (AvgIpc) is 3.29. The number of amides is 1. The first-order chi connectivity index (χ1) is 14.4. The number of aryl methyl sites for hydroxylation is 1. The second-order valence-electron chi connectivity index (χ2n) is 7.89. The zero-order valence-electron chi connectivity index (χ0n) is 17.1. The van der Waals surface area contributed by atoms with Crippen LogP contribution in [-0.2, 0) is 21.4 Å². The Kier molecular flexibility index (Phi) is 5.97. The van der Waals surface area contributed by atoms with Crippen LogP contribution in [0.4, 0.5) is 5.69 Å². The van der Waals surface area contributed by atoms with Crippen molar-refractivity contribution < 1.29 is 17.9 Å². The van der Waals surface area contributed by atoms with Gasteiger partial charge in [-0.15, -0.1) is 0 Å². The fraction of sp³-hybridized carbons (Fsp3) is 0.409. The fourth-order valence-electron chi connectivity index (χ4n) is 3.74. The molecule has 0 unspecified atom stereocenters. The summed E-state index contributed by atoms with van der Waals surface area (Å²) >= 11 is 0. The van der Waals surface area contributed by atoms with Gasteiger partial charge in [0.15, 0.2) is 0 Å². The molecule has 0 spiro atoms. The summed E-state index contributed by atoms with van der Waals surface area (Å²) in [5.74, 6) is 0.444. The molecule has 2 aliphatic heterocycles. The van der Waals surface area contributed by atoms with E-state index in [-0.39, 0.29) is 23.3 Å². The number of rotatable bonds is 6. The molecule has 0 radical (unpaired) electrons. The molecule has 2 aromatic carbocycles. The SMILES string of the molecule is Cc1ccc(CNC(=O)C[C@H]2COc3cc(S(=O)(=O)N4CCCC4)ccc3N2)cc1. The minimum atomic E-state index is -3.48. The number of nitrogens with zero attached hydrogens (tertiary/aromatic N) is 1. The van der Waals surface area contributed by atoms with Crippen LogP contribution in [0.1, 0.15) is 30.4 Å². The number of ether oxygens (including phenoxy) is 1. The minimum absolute atomic E-state index is 0.0617. The third kappa shape index (κ3) is 4.60. The molecule has 0 saturated carbocycles. The van der Waals surface area contributed by atoms with Crippen LogP contribution in [0.15, 0.2) is 47.4 Å². The van der Waals surface area contributed by atoms with Crippen LogP contribution in [0.3, 0.4) is 0 Å². The first-order valence-electron chi connectivity index (χ1n) is 10.3. The van der Waals surface area contributed by atoms with Gasteiger partial charge >= 0.3 is 0 Å². The third-order valence-corrected chi connectivity index (χ3v) is 7.39. The fourth-order valence-corrected chi connectivity index (χ4v) is 5.28. The zero-order valence-corrected chi connectivity index (χ0v) is 17.9. The van der Waals surface area contributed by atoms with E-state index in [4.69, 9.17) is 4.74 Å². The maximum Gasteiger partial charge on any atom is 0.243 e. The van der Waals surface area contributed by atoms with Crippen molar-refractivity contribution in [3.8, 4) is 5.75 Å². The first-order valence-corrected chi connectivity index (χ1v) is 11.7. The maximum absolute atomic E-state index is 12.7. The summed E-state index contributed by atoms with van der Waals surface area (Å²) in [7, 11) is -3.48. The predicted molar refractivity (Wildman–Crippen MR) is 115 cm³/mol. The minimum Gasteiger partial charge on any atom is -0.489 e. The van der Waals surface area contributed by atoms with E-state index < -0.39 is 10.0 Å². The number of anilines is 1. The van der Waals surface area contributed by atoms with Gasteiger partial charge in [-0.2, -0.15) is 4.31 Å². The summed E-state index contributed by atoms with van der Waals surface area (Å²) < 4.78 is 32.8. The van der Waals surface area contributed by atoms with E-state index >= 15 is 0 Å². The summed E-state index contributed by atoms with van der Waals surface area (Å²) in [4.78, 5) is 12.6. The lowest BCUT2D eigenvalue weighted by molar-refractivity contribution is -0.121. The van der Waals surface area contributed by atoms with Crippen LogP contribution >= 0.6 is 0 Å². The van der Waals surface area contributed by atoms with Crippen molar-refractivity contribution in [2.45, 2.75) is 43.7 Å². The van der Waals surface area contributed by atoms with E-state index in [1.807, 2.05) is 31.2 Å². The first kappa shape index (κ1) is 20.7. The highest BCUT2D eigenvalue weighted by molar-refractivity contribution is 7.89. The van der Waals surface area contributed by atoms with E-state index in [1.165, 1.54) is 9.87 Å². The van der Waals surface area contributed by atoms with Gasteiger partial charge in [0, 0.05) is 25.7 Å². The summed E-state index contributed by atoms with van der Waals surface area (Å²) in [5.41, 5.74) is 2.94. The lowest BCUT2D eigenvalue weighted by atomic mass is 10.1. The number of hydrogen-bond acceptors (Lipinski definition) is 5. The molecule has 2 aliphatic rings. The van der Waals surface area contributed by atoms with E-state index in [1.54, 1.807) is 18.2 Å². The van der Waals surface area contributed by atoms with Crippen LogP contribution in [-0.4, -0.2) is 44.4 Å². The van der Waals surface area contributed by atoms with Gasteiger partial charge < -0.3 is 15.4 Å². The van der Waals surface area contributed by atoms with Gasteiger partial charge in [-0.1, -0.05) is 29.8 Å². The summed E-state index contributed by atoms with van der Waals surface area (Å²) in [5, 5.41) is 6.22. The summed E-state index contributed by atoms with van der Waals surface area (Å²) in [6.45, 7) is 3.95. The van der Waals surface area contributed by atoms with Crippen molar-refractivity contribution in [3.63, 3.8) is 0 Å². The molecule has 30 heavy (non-hydrogen) atoms. The molecule has 0 bridgehead atoms. The van der Waals surface area contributed by atoms with Crippen LogP contribution in [0.5, 0.6) is 5.75 Å². The van der Waals surface area contributed by atoms with E-state index in [9.17, 15) is 13.2 Å². The normalized spacial score (nSPS) is 18.9. The number of carbonyl (C=O) groups is 1. The second kappa shape index (κ2) is 8.65. The Balaban J connectivity index is 1.34. The molecule has 4 rings (SSSR count).